The molecular weight excluding hydrogens is 592 g/mol. The molecule has 4 saturated heterocycles. The van der Waals surface area contributed by atoms with Crippen LogP contribution in [0.25, 0.3) is 0 Å². The normalized spacial score (nSPS) is 54.8. The first kappa shape index (κ1) is 35.1. The van der Waals surface area contributed by atoms with Gasteiger partial charge in [-0.15, -0.1) is 0 Å². The molecule has 0 saturated carbocycles. The van der Waals surface area contributed by atoms with E-state index in [1.54, 1.807) is 0 Å². The Hall–Kier alpha value is -0.760. The van der Waals surface area contributed by atoms with Crippen LogP contribution in [0.1, 0.15) is 13.8 Å². The van der Waals surface area contributed by atoms with Crippen LogP contribution in [0, 0.1) is 0 Å². The summed E-state index contributed by atoms with van der Waals surface area (Å²) in [6.07, 6.45) is -32.9. The summed E-state index contributed by atoms with van der Waals surface area (Å²) in [6, 6.07) is 0. The molecule has 43 heavy (non-hydrogen) atoms. The van der Waals surface area contributed by atoms with Crippen LogP contribution in [0.2, 0.25) is 0 Å². The Kier molecular flexibility index (Phi) is 11.7. The van der Waals surface area contributed by atoms with Crippen LogP contribution < -0.4 is 0 Å². The summed E-state index contributed by atoms with van der Waals surface area (Å²) < 4.78 is 38.3. The van der Waals surface area contributed by atoms with Gasteiger partial charge < -0.3 is 94.4 Å². The molecule has 19 heteroatoms. The average Bonchev–Trinajstić information content (AvgIpc) is 2.98. The van der Waals surface area contributed by atoms with Gasteiger partial charge in [0.25, 0.3) is 0 Å². The Labute approximate surface area is 244 Å². The van der Waals surface area contributed by atoms with Crippen molar-refractivity contribution in [3.8, 4) is 0 Å². The zero-order valence-electron chi connectivity index (χ0n) is 23.2. The van der Waals surface area contributed by atoms with Gasteiger partial charge in [0.1, 0.15) is 85.5 Å². The maximum Gasteiger partial charge on any atom is 0.187 e. The van der Waals surface area contributed by atoms with E-state index in [0.717, 1.165) is 0 Å². The van der Waals surface area contributed by atoms with Gasteiger partial charge in [-0.2, -0.15) is 0 Å². The first-order valence-electron chi connectivity index (χ1n) is 13.8. The molecule has 0 aromatic rings. The highest BCUT2D eigenvalue weighted by Crippen LogP contribution is 2.34. The summed E-state index contributed by atoms with van der Waals surface area (Å²) in [5.74, 6) is 0. The number of aliphatic hydroxyl groups excluding tert-OH is 12. The van der Waals surface area contributed by atoms with Crippen molar-refractivity contribution in [1.82, 2.24) is 0 Å². The topological polar surface area (TPSA) is 307 Å². The van der Waals surface area contributed by atoms with Crippen molar-refractivity contribution in [2.75, 3.05) is 13.2 Å². The first-order valence-corrected chi connectivity index (χ1v) is 13.8. The largest absolute Gasteiger partial charge is 0.394 e. The highest BCUT2D eigenvalue weighted by molar-refractivity contribution is 4.97. The van der Waals surface area contributed by atoms with Gasteiger partial charge in [0.15, 0.2) is 25.2 Å². The molecule has 19 nitrogen and oxygen atoms in total. The molecule has 252 valence electrons. The third-order valence-corrected chi connectivity index (χ3v) is 8.13. The highest BCUT2D eigenvalue weighted by Gasteiger charge is 2.55. The maximum absolute atomic E-state index is 11.0. The lowest BCUT2D eigenvalue weighted by molar-refractivity contribution is -0.393. The molecule has 0 bridgehead atoms. The Balaban J connectivity index is 1.52. The molecule has 4 fully saturated rings. The molecule has 0 aromatic carbocycles. The smallest absolute Gasteiger partial charge is 0.187 e. The quantitative estimate of drug-likeness (QED) is 0.118. The number of hydrogen-bond acceptors (Lipinski definition) is 19. The Morgan fingerprint density at radius 1 is 0.419 bits per heavy atom. The highest BCUT2D eigenvalue weighted by atomic mass is 16.8. The average molecular weight is 635 g/mol. The number of ether oxygens (including phenoxy) is 7. The molecular formula is C24H42O19. The molecule has 0 spiro atoms. The second-order valence-electron chi connectivity index (χ2n) is 11.1. The maximum atomic E-state index is 11.0. The molecule has 12 N–H and O–H groups in total. The fourth-order valence-corrected chi connectivity index (χ4v) is 5.41. The van der Waals surface area contributed by atoms with Gasteiger partial charge in [0.05, 0.1) is 25.4 Å². The fraction of sp³-hybridized carbons (Fsp3) is 1.00. The van der Waals surface area contributed by atoms with Crippen molar-refractivity contribution < 1.29 is 94.4 Å². The summed E-state index contributed by atoms with van der Waals surface area (Å²) in [6.45, 7) is 1.07. The minimum absolute atomic E-state index is 0.818. The van der Waals surface area contributed by atoms with Crippen LogP contribution in [0.5, 0.6) is 0 Å². The third kappa shape index (κ3) is 7.00. The minimum atomic E-state index is -1.96. The first-order chi connectivity index (χ1) is 20.2. The lowest BCUT2D eigenvalue weighted by atomic mass is 9.96. The van der Waals surface area contributed by atoms with Crippen molar-refractivity contribution in [2.24, 2.45) is 0 Å². The summed E-state index contributed by atoms with van der Waals surface area (Å²) in [7, 11) is 0. The SMILES string of the molecule is C[C@@H]1O[C@@H](O[C@H]2[C@H](O[C@H]3[C@H](O)[C@@H](O)[C@@H](O[C@@H]4[C@H](O)[C@H](C)O[C@H](O)[C@H]4O)O[C@@H]3CO)O[C@H](CO)[C@H](O)[C@@H]2O)[C@@H](O)[C@H](O)[C@@H]1O. The summed E-state index contributed by atoms with van der Waals surface area (Å²) in [4.78, 5) is 0. The molecule has 4 heterocycles. The van der Waals surface area contributed by atoms with Gasteiger partial charge >= 0.3 is 0 Å². The fourth-order valence-electron chi connectivity index (χ4n) is 5.41. The van der Waals surface area contributed by atoms with E-state index in [4.69, 9.17) is 33.2 Å². The van der Waals surface area contributed by atoms with Crippen molar-refractivity contribution in [2.45, 2.75) is 137 Å². The predicted molar refractivity (Wildman–Crippen MR) is 131 cm³/mol. The molecule has 0 unspecified atom stereocenters. The van der Waals surface area contributed by atoms with E-state index in [9.17, 15) is 61.3 Å². The Bertz CT molecular complexity index is 870. The molecule has 4 rings (SSSR count). The second-order valence-corrected chi connectivity index (χ2v) is 11.1. The van der Waals surface area contributed by atoms with Crippen LogP contribution in [0.4, 0.5) is 0 Å². The van der Waals surface area contributed by atoms with E-state index in [0.29, 0.717) is 0 Å². The van der Waals surface area contributed by atoms with Gasteiger partial charge in [-0.3, -0.25) is 0 Å². The van der Waals surface area contributed by atoms with Crippen LogP contribution >= 0.6 is 0 Å². The molecule has 0 aliphatic carbocycles. The number of hydrogen-bond donors (Lipinski definition) is 12. The Morgan fingerprint density at radius 3 is 1.53 bits per heavy atom. The van der Waals surface area contributed by atoms with Crippen molar-refractivity contribution in [3.05, 3.63) is 0 Å². The molecule has 0 aromatic heterocycles. The van der Waals surface area contributed by atoms with Crippen LogP contribution in [-0.2, 0) is 33.2 Å². The van der Waals surface area contributed by atoms with E-state index < -0.39 is 136 Å². The van der Waals surface area contributed by atoms with Gasteiger partial charge in [-0.1, -0.05) is 0 Å². The molecule has 4 aliphatic heterocycles. The van der Waals surface area contributed by atoms with Crippen LogP contribution in [-0.4, -0.2) is 197 Å². The van der Waals surface area contributed by atoms with E-state index in [1.165, 1.54) is 13.8 Å². The Morgan fingerprint density at radius 2 is 0.907 bits per heavy atom. The summed E-state index contributed by atoms with van der Waals surface area (Å²) in [5.41, 5.74) is 0. The lowest BCUT2D eigenvalue weighted by Gasteiger charge is -2.49. The zero-order valence-corrected chi connectivity index (χ0v) is 23.2. The summed E-state index contributed by atoms with van der Waals surface area (Å²) >= 11 is 0. The van der Waals surface area contributed by atoms with Crippen molar-refractivity contribution >= 4 is 0 Å². The zero-order chi connectivity index (χ0) is 31.9. The van der Waals surface area contributed by atoms with Gasteiger partial charge in [-0.25, -0.2) is 0 Å². The number of rotatable bonds is 8. The number of aliphatic hydroxyl groups is 12. The summed E-state index contributed by atoms with van der Waals surface area (Å²) in [5, 5.41) is 124. The second kappa shape index (κ2) is 14.3. The molecule has 0 amide bonds. The predicted octanol–water partition coefficient (Wildman–Crippen LogP) is -7.69. The standard InChI is InChI=1S/C24H42O19/c1-5-9(27)12(30)15(33)22(38-5)43-20-13(31)11(29)7(3-25)39-24(20)41-18-8(4-26)40-23(16(34)14(18)32)42-19-10(28)6(2)37-21(36)17(19)35/h5-36H,3-4H2,1-2H3/t5-,6-,7+,8+,9+,10+,11-,12+,13-,14+,15-,16+,17-,18+,19+,20+,21-,22-,23+,24-/m0/s1. The van der Waals surface area contributed by atoms with Gasteiger partial charge in [-0.05, 0) is 13.8 Å². The van der Waals surface area contributed by atoms with E-state index in [1.807, 2.05) is 0 Å². The molecule has 20 atom stereocenters. The van der Waals surface area contributed by atoms with Crippen molar-refractivity contribution in [3.63, 3.8) is 0 Å². The molecule has 4 aliphatic rings. The van der Waals surface area contributed by atoms with E-state index in [2.05, 4.69) is 0 Å². The van der Waals surface area contributed by atoms with Crippen LogP contribution in [0.3, 0.4) is 0 Å². The van der Waals surface area contributed by atoms with E-state index in [-0.39, 0.29) is 0 Å². The van der Waals surface area contributed by atoms with Crippen molar-refractivity contribution in [1.29, 1.82) is 0 Å². The molecule has 0 radical (unpaired) electrons. The third-order valence-electron chi connectivity index (χ3n) is 8.13. The lowest BCUT2D eigenvalue weighted by Crippen LogP contribution is -2.67. The van der Waals surface area contributed by atoms with Crippen LogP contribution in [0.15, 0.2) is 0 Å². The van der Waals surface area contributed by atoms with Gasteiger partial charge in [0.2, 0.25) is 0 Å². The minimum Gasteiger partial charge on any atom is -0.394 e. The monoisotopic (exact) mass is 634 g/mol. The van der Waals surface area contributed by atoms with Gasteiger partial charge in [0, 0.05) is 0 Å². The van der Waals surface area contributed by atoms with E-state index >= 15 is 0 Å².